The smallest absolute Gasteiger partial charge is 0.349 e. The zero-order chi connectivity index (χ0) is 18.5. The van der Waals surface area contributed by atoms with Crippen molar-refractivity contribution < 1.29 is 9.53 Å². The Kier molecular flexibility index (Phi) is 5.83. The molecule has 0 radical (unpaired) electrons. The molecule has 5 nitrogen and oxygen atoms in total. The van der Waals surface area contributed by atoms with Gasteiger partial charge in [-0.3, -0.25) is 9.36 Å². The fraction of sp³-hybridized carbons (Fsp3) is 0.350. The fourth-order valence-corrected chi connectivity index (χ4v) is 3.87. The summed E-state index contributed by atoms with van der Waals surface area (Å²) >= 11 is 1.22. The standard InChI is InChI=1S/C20H22N2O3S/c1-3-4-8-11-22-13-21-18-16(19(22)23)14(2)17(26-18)20(24)25-12-15-9-6-5-7-10-15/h5-7,9-10,13H,3-4,8,11-12H2,1-2H3. The van der Waals surface area contributed by atoms with Crippen molar-refractivity contribution in [3.63, 3.8) is 0 Å². The van der Waals surface area contributed by atoms with Gasteiger partial charge in [0.15, 0.2) is 0 Å². The highest BCUT2D eigenvalue weighted by molar-refractivity contribution is 7.20. The van der Waals surface area contributed by atoms with E-state index in [1.807, 2.05) is 30.3 Å². The Morgan fingerprint density at radius 2 is 2.00 bits per heavy atom. The highest BCUT2D eigenvalue weighted by Gasteiger charge is 2.20. The van der Waals surface area contributed by atoms with Crippen LogP contribution in [-0.4, -0.2) is 15.5 Å². The van der Waals surface area contributed by atoms with Crippen molar-refractivity contribution in [1.29, 1.82) is 0 Å². The average molecular weight is 370 g/mol. The summed E-state index contributed by atoms with van der Waals surface area (Å²) in [6, 6.07) is 9.53. The van der Waals surface area contributed by atoms with E-state index in [2.05, 4.69) is 11.9 Å². The quantitative estimate of drug-likeness (QED) is 0.459. The number of rotatable bonds is 7. The summed E-state index contributed by atoms with van der Waals surface area (Å²) in [5.41, 5.74) is 1.50. The van der Waals surface area contributed by atoms with Gasteiger partial charge in [-0.2, -0.15) is 0 Å². The lowest BCUT2D eigenvalue weighted by molar-refractivity contribution is 0.0478. The summed E-state index contributed by atoms with van der Waals surface area (Å²) in [6.07, 6.45) is 4.69. The van der Waals surface area contributed by atoms with E-state index >= 15 is 0 Å². The van der Waals surface area contributed by atoms with E-state index in [1.165, 1.54) is 11.3 Å². The van der Waals surface area contributed by atoms with Gasteiger partial charge in [-0.25, -0.2) is 9.78 Å². The van der Waals surface area contributed by atoms with Gasteiger partial charge in [0.2, 0.25) is 0 Å². The zero-order valence-electron chi connectivity index (χ0n) is 15.0. The maximum absolute atomic E-state index is 12.7. The predicted octanol–water partition coefficient (Wildman–Crippen LogP) is 4.31. The number of hydrogen-bond donors (Lipinski definition) is 0. The van der Waals surface area contributed by atoms with E-state index in [1.54, 1.807) is 17.8 Å². The highest BCUT2D eigenvalue weighted by atomic mass is 32.1. The first-order valence-corrected chi connectivity index (χ1v) is 9.63. The highest BCUT2D eigenvalue weighted by Crippen LogP contribution is 2.27. The third-order valence-corrected chi connectivity index (χ3v) is 5.50. The van der Waals surface area contributed by atoms with E-state index in [4.69, 9.17) is 4.74 Å². The lowest BCUT2D eigenvalue weighted by Gasteiger charge is -2.05. The lowest BCUT2D eigenvalue weighted by Crippen LogP contribution is -2.20. The Balaban J connectivity index is 1.83. The molecule has 3 rings (SSSR count). The molecule has 0 unspecified atom stereocenters. The molecule has 0 atom stereocenters. The number of aryl methyl sites for hydroxylation is 2. The molecule has 0 aliphatic carbocycles. The van der Waals surface area contributed by atoms with E-state index in [-0.39, 0.29) is 12.2 Å². The molecule has 0 spiro atoms. The molecule has 2 aromatic heterocycles. The van der Waals surface area contributed by atoms with Gasteiger partial charge in [-0.1, -0.05) is 50.1 Å². The fourth-order valence-electron chi connectivity index (χ4n) is 2.83. The largest absolute Gasteiger partial charge is 0.457 e. The number of esters is 1. The molecule has 6 heteroatoms. The van der Waals surface area contributed by atoms with Crippen molar-refractivity contribution in [3.05, 3.63) is 63.0 Å². The van der Waals surface area contributed by atoms with Crippen molar-refractivity contribution in [3.8, 4) is 0 Å². The summed E-state index contributed by atoms with van der Waals surface area (Å²) in [7, 11) is 0. The van der Waals surface area contributed by atoms with Crippen LogP contribution in [-0.2, 0) is 17.9 Å². The topological polar surface area (TPSA) is 61.2 Å². The maximum atomic E-state index is 12.7. The molecule has 0 fully saturated rings. The lowest BCUT2D eigenvalue weighted by atomic mass is 10.2. The SMILES string of the molecule is CCCCCn1cnc2sc(C(=O)OCc3ccccc3)c(C)c2c1=O. The molecule has 0 saturated carbocycles. The van der Waals surface area contributed by atoms with Crippen LogP contribution in [0.4, 0.5) is 0 Å². The van der Waals surface area contributed by atoms with Gasteiger partial charge in [0.25, 0.3) is 5.56 Å². The number of hydrogen-bond acceptors (Lipinski definition) is 5. The van der Waals surface area contributed by atoms with Crippen molar-refractivity contribution in [2.24, 2.45) is 0 Å². The zero-order valence-corrected chi connectivity index (χ0v) is 15.8. The third kappa shape index (κ3) is 3.85. The second-order valence-electron chi connectivity index (χ2n) is 6.25. The maximum Gasteiger partial charge on any atom is 0.349 e. The number of unbranched alkanes of at least 4 members (excludes halogenated alkanes) is 2. The third-order valence-electron chi connectivity index (χ3n) is 4.32. The van der Waals surface area contributed by atoms with Crippen LogP contribution in [0.5, 0.6) is 0 Å². The molecule has 0 amide bonds. The van der Waals surface area contributed by atoms with E-state index in [0.717, 1.165) is 24.8 Å². The Morgan fingerprint density at radius 1 is 1.23 bits per heavy atom. The Labute approximate surface area is 156 Å². The minimum Gasteiger partial charge on any atom is -0.457 e. The Morgan fingerprint density at radius 3 is 2.73 bits per heavy atom. The van der Waals surface area contributed by atoms with E-state index in [0.29, 0.717) is 27.2 Å². The second-order valence-corrected chi connectivity index (χ2v) is 7.25. The molecule has 26 heavy (non-hydrogen) atoms. The van der Waals surface area contributed by atoms with Crippen molar-refractivity contribution in [2.45, 2.75) is 46.3 Å². The monoisotopic (exact) mass is 370 g/mol. The summed E-state index contributed by atoms with van der Waals surface area (Å²) in [5.74, 6) is -0.411. The first-order chi connectivity index (χ1) is 12.6. The van der Waals surface area contributed by atoms with Gasteiger partial charge in [0.05, 0.1) is 11.7 Å². The molecule has 0 aliphatic heterocycles. The van der Waals surface area contributed by atoms with Crippen LogP contribution in [0, 0.1) is 6.92 Å². The molecule has 0 saturated heterocycles. The van der Waals surface area contributed by atoms with Gasteiger partial charge in [0, 0.05) is 6.54 Å². The summed E-state index contributed by atoms with van der Waals surface area (Å²) in [6.45, 7) is 4.78. The second kappa shape index (κ2) is 8.27. The van der Waals surface area contributed by atoms with Crippen molar-refractivity contribution in [1.82, 2.24) is 9.55 Å². The van der Waals surface area contributed by atoms with Gasteiger partial charge in [-0.15, -0.1) is 11.3 Å². The van der Waals surface area contributed by atoms with Gasteiger partial charge in [-0.05, 0) is 24.5 Å². The van der Waals surface area contributed by atoms with Gasteiger partial charge in [0.1, 0.15) is 16.3 Å². The van der Waals surface area contributed by atoms with Crippen molar-refractivity contribution >= 4 is 27.5 Å². The van der Waals surface area contributed by atoms with Crippen LogP contribution in [0.15, 0.2) is 41.5 Å². The van der Waals surface area contributed by atoms with Gasteiger partial charge >= 0.3 is 5.97 Å². The number of nitrogens with zero attached hydrogens (tertiary/aromatic N) is 2. The number of fused-ring (bicyclic) bond motifs is 1. The number of carbonyl (C=O) groups excluding carboxylic acids is 1. The molecule has 0 aliphatic rings. The van der Waals surface area contributed by atoms with Crippen LogP contribution in [0.25, 0.3) is 10.2 Å². The van der Waals surface area contributed by atoms with Crippen LogP contribution < -0.4 is 5.56 Å². The molecule has 2 heterocycles. The first-order valence-electron chi connectivity index (χ1n) is 8.81. The van der Waals surface area contributed by atoms with Crippen molar-refractivity contribution in [2.75, 3.05) is 0 Å². The van der Waals surface area contributed by atoms with Gasteiger partial charge < -0.3 is 4.74 Å². The first kappa shape index (κ1) is 18.3. The van der Waals surface area contributed by atoms with Crippen LogP contribution in [0.1, 0.15) is 47.0 Å². The molecular formula is C20H22N2O3S. The van der Waals surface area contributed by atoms with Crippen LogP contribution in [0.2, 0.25) is 0 Å². The normalized spacial score (nSPS) is 11.0. The van der Waals surface area contributed by atoms with Crippen LogP contribution >= 0.6 is 11.3 Å². The molecule has 3 aromatic rings. The Hall–Kier alpha value is -2.47. The average Bonchev–Trinajstić information content (AvgIpc) is 3.00. The van der Waals surface area contributed by atoms with Crippen LogP contribution in [0.3, 0.4) is 0 Å². The molecule has 0 bridgehead atoms. The summed E-state index contributed by atoms with van der Waals surface area (Å²) in [4.78, 5) is 30.6. The number of carbonyl (C=O) groups is 1. The minimum atomic E-state index is -0.411. The molecule has 1 aromatic carbocycles. The minimum absolute atomic E-state index is 0.0815. The number of ether oxygens (including phenoxy) is 1. The summed E-state index contributed by atoms with van der Waals surface area (Å²) in [5, 5.41) is 0.528. The van der Waals surface area contributed by atoms with E-state index in [9.17, 15) is 9.59 Å². The molecule has 0 N–H and O–H groups in total. The number of benzene rings is 1. The Bertz CT molecular complexity index is 960. The number of thiophene rings is 1. The molecule has 136 valence electrons. The molecular weight excluding hydrogens is 348 g/mol. The predicted molar refractivity (Wildman–Crippen MR) is 104 cm³/mol. The van der Waals surface area contributed by atoms with E-state index < -0.39 is 5.97 Å². The number of aromatic nitrogens is 2. The summed E-state index contributed by atoms with van der Waals surface area (Å²) < 4.78 is 7.04.